The fourth-order valence-corrected chi connectivity index (χ4v) is 8.93. The van der Waals surface area contributed by atoms with E-state index in [1.807, 2.05) is 6.07 Å². The van der Waals surface area contributed by atoms with Crippen LogP contribution in [0, 0.1) is 0 Å². The lowest BCUT2D eigenvalue weighted by Gasteiger charge is -2.13. The maximum absolute atomic E-state index is 4.51. The first-order chi connectivity index (χ1) is 30.7. The molecule has 4 heterocycles. The fraction of sp³-hybridized carbons (Fsp3) is 0. The summed E-state index contributed by atoms with van der Waals surface area (Å²) in [5.74, 6) is 1.12. The Balaban J connectivity index is 1.09. The zero-order valence-electron chi connectivity index (χ0n) is 33.2. The standard InChI is InChI=1S/C54H34N8/c1-4-10-35(11-5-1)37-16-20-49-45(27-37)47-29-39(18-22-50(47)61(49)43-14-8-3-9-15-43)40-19-23-52-48(30-40)46-28-38(36-12-6-2-7-13-36)17-21-51(46)62(52)44-25-41(53-57-31-55-32-58-53)24-42(26-44)54-59-33-56-34-60-54/h1-34H. The smallest absolute Gasteiger partial charge is 0.162 e. The van der Waals surface area contributed by atoms with Gasteiger partial charge < -0.3 is 9.13 Å². The van der Waals surface area contributed by atoms with Crippen LogP contribution in [0.3, 0.4) is 0 Å². The number of nitrogens with zero attached hydrogens (tertiary/aromatic N) is 8. The van der Waals surface area contributed by atoms with E-state index in [0.29, 0.717) is 11.6 Å². The van der Waals surface area contributed by atoms with E-state index in [-0.39, 0.29) is 0 Å². The molecule has 8 nitrogen and oxygen atoms in total. The van der Waals surface area contributed by atoms with Gasteiger partial charge in [0.15, 0.2) is 11.6 Å². The molecule has 62 heavy (non-hydrogen) atoms. The molecule has 0 saturated carbocycles. The monoisotopic (exact) mass is 794 g/mol. The van der Waals surface area contributed by atoms with Crippen LogP contribution in [-0.4, -0.2) is 39.0 Å². The third-order valence-electron chi connectivity index (χ3n) is 11.8. The van der Waals surface area contributed by atoms with Crippen molar-refractivity contribution in [1.82, 2.24) is 39.0 Å². The van der Waals surface area contributed by atoms with Gasteiger partial charge in [0, 0.05) is 44.0 Å². The van der Waals surface area contributed by atoms with Crippen LogP contribution >= 0.6 is 0 Å². The molecule has 0 atom stereocenters. The summed E-state index contributed by atoms with van der Waals surface area (Å²) in [6.45, 7) is 0. The van der Waals surface area contributed by atoms with Crippen molar-refractivity contribution in [2.45, 2.75) is 0 Å². The molecular weight excluding hydrogens is 761 g/mol. The molecule has 12 rings (SSSR count). The first kappa shape index (κ1) is 35.3. The minimum Gasteiger partial charge on any atom is -0.309 e. The molecular formula is C54H34N8. The van der Waals surface area contributed by atoms with Gasteiger partial charge in [-0.15, -0.1) is 0 Å². The summed E-state index contributed by atoms with van der Waals surface area (Å²) in [7, 11) is 0. The highest BCUT2D eigenvalue weighted by Crippen LogP contribution is 2.41. The molecule has 0 saturated heterocycles. The molecule has 8 heteroatoms. The molecule has 0 spiro atoms. The third-order valence-corrected chi connectivity index (χ3v) is 11.8. The highest BCUT2D eigenvalue weighted by atomic mass is 15.0. The molecule has 0 aliphatic heterocycles. The van der Waals surface area contributed by atoms with Gasteiger partial charge in [-0.2, -0.15) is 0 Å². The Morgan fingerprint density at radius 2 is 0.597 bits per heavy atom. The van der Waals surface area contributed by atoms with Crippen molar-refractivity contribution in [1.29, 1.82) is 0 Å². The van der Waals surface area contributed by atoms with E-state index in [9.17, 15) is 0 Å². The van der Waals surface area contributed by atoms with Gasteiger partial charge in [-0.1, -0.05) is 103 Å². The molecule has 0 bridgehead atoms. The van der Waals surface area contributed by atoms with Crippen LogP contribution < -0.4 is 0 Å². The van der Waals surface area contributed by atoms with E-state index in [0.717, 1.165) is 72.1 Å². The summed E-state index contributed by atoms with van der Waals surface area (Å²) < 4.78 is 4.70. The van der Waals surface area contributed by atoms with Gasteiger partial charge in [-0.05, 0) is 112 Å². The number of hydrogen-bond donors (Lipinski definition) is 0. The molecule has 12 aromatic rings. The van der Waals surface area contributed by atoms with Crippen molar-refractivity contribution in [3.05, 3.63) is 207 Å². The lowest BCUT2D eigenvalue weighted by atomic mass is 9.98. The first-order valence-corrected chi connectivity index (χ1v) is 20.5. The van der Waals surface area contributed by atoms with Crippen molar-refractivity contribution < 1.29 is 0 Å². The number of rotatable bonds is 7. The Hall–Kier alpha value is -8.62. The second-order valence-corrected chi connectivity index (χ2v) is 15.4. The van der Waals surface area contributed by atoms with Gasteiger partial charge in [-0.25, -0.2) is 29.9 Å². The van der Waals surface area contributed by atoms with Crippen molar-refractivity contribution >= 4 is 43.6 Å². The van der Waals surface area contributed by atoms with E-state index < -0.39 is 0 Å². The third kappa shape index (κ3) is 6.00. The van der Waals surface area contributed by atoms with Gasteiger partial charge in [0.2, 0.25) is 0 Å². The van der Waals surface area contributed by atoms with Gasteiger partial charge in [0.05, 0.1) is 22.1 Å². The Kier molecular flexibility index (Phi) is 8.31. The average Bonchev–Trinajstić information content (AvgIpc) is 3.86. The Labute approximate surface area is 356 Å². The highest BCUT2D eigenvalue weighted by molar-refractivity contribution is 6.14. The van der Waals surface area contributed by atoms with Crippen LogP contribution in [-0.2, 0) is 0 Å². The fourth-order valence-electron chi connectivity index (χ4n) is 8.93. The SMILES string of the molecule is c1ccc(-c2ccc3c(c2)c2cc(-c4ccc5c(c4)c4cc(-c6ccccc6)ccc4n5-c4cc(-c5ncncn5)cc(-c5ncncn5)c4)ccc2n3-c2ccccc2)cc1. The Bertz CT molecular complexity index is 3550. The molecule has 0 unspecified atom stereocenters. The second kappa shape index (κ2) is 14.6. The quantitative estimate of drug-likeness (QED) is 0.160. The molecule has 0 aliphatic rings. The molecule has 290 valence electrons. The molecule has 0 aliphatic carbocycles. The largest absolute Gasteiger partial charge is 0.309 e. The van der Waals surface area contributed by atoms with Crippen molar-refractivity contribution in [2.24, 2.45) is 0 Å². The molecule has 0 fully saturated rings. The van der Waals surface area contributed by atoms with E-state index in [1.54, 1.807) is 0 Å². The van der Waals surface area contributed by atoms with Crippen LogP contribution in [0.1, 0.15) is 0 Å². The van der Waals surface area contributed by atoms with Crippen molar-refractivity contribution in [3.8, 4) is 67.5 Å². The maximum Gasteiger partial charge on any atom is 0.162 e. The molecule has 0 radical (unpaired) electrons. The number of hydrogen-bond acceptors (Lipinski definition) is 6. The minimum atomic E-state index is 0.562. The van der Waals surface area contributed by atoms with Crippen LogP contribution in [0.5, 0.6) is 0 Å². The van der Waals surface area contributed by atoms with E-state index in [4.69, 9.17) is 0 Å². The zero-order chi connectivity index (χ0) is 41.0. The van der Waals surface area contributed by atoms with E-state index in [2.05, 4.69) is 215 Å². The van der Waals surface area contributed by atoms with Gasteiger partial charge in [0.1, 0.15) is 25.3 Å². The topological polar surface area (TPSA) is 87.2 Å². The predicted octanol–water partition coefficient (Wildman–Crippen LogP) is 12.6. The van der Waals surface area contributed by atoms with Crippen LogP contribution in [0.4, 0.5) is 0 Å². The molecule has 8 aromatic carbocycles. The molecule has 0 amide bonds. The van der Waals surface area contributed by atoms with Crippen molar-refractivity contribution in [2.75, 3.05) is 0 Å². The van der Waals surface area contributed by atoms with Crippen LogP contribution in [0.2, 0.25) is 0 Å². The Morgan fingerprint density at radius 3 is 0.984 bits per heavy atom. The van der Waals surface area contributed by atoms with Gasteiger partial charge >= 0.3 is 0 Å². The van der Waals surface area contributed by atoms with Gasteiger partial charge in [0.25, 0.3) is 0 Å². The highest BCUT2D eigenvalue weighted by Gasteiger charge is 2.19. The van der Waals surface area contributed by atoms with E-state index in [1.165, 1.54) is 52.7 Å². The van der Waals surface area contributed by atoms with Crippen molar-refractivity contribution in [3.63, 3.8) is 0 Å². The molecule has 4 aromatic heterocycles. The second-order valence-electron chi connectivity index (χ2n) is 15.4. The summed E-state index contributed by atoms with van der Waals surface area (Å²) in [6.07, 6.45) is 6.07. The number of aromatic nitrogens is 8. The summed E-state index contributed by atoms with van der Waals surface area (Å²) >= 11 is 0. The Morgan fingerprint density at radius 1 is 0.258 bits per heavy atom. The van der Waals surface area contributed by atoms with Crippen LogP contribution in [0.25, 0.3) is 111 Å². The predicted molar refractivity (Wildman–Crippen MR) is 249 cm³/mol. The number of para-hydroxylation sites is 1. The number of benzene rings is 8. The average molecular weight is 795 g/mol. The lowest BCUT2D eigenvalue weighted by Crippen LogP contribution is -1.99. The summed E-state index contributed by atoms with van der Waals surface area (Å²) in [5, 5.41) is 4.70. The lowest BCUT2D eigenvalue weighted by molar-refractivity contribution is 1.05. The van der Waals surface area contributed by atoms with Crippen LogP contribution in [0.15, 0.2) is 207 Å². The molecule has 0 N–H and O–H groups in total. The van der Waals surface area contributed by atoms with Gasteiger partial charge in [-0.3, -0.25) is 0 Å². The summed E-state index contributed by atoms with van der Waals surface area (Å²) in [5.41, 5.74) is 15.2. The number of fused-ring (bicyclic) bond motifs is 6. The zero-order valence-corrected chi connectivity index (χ0v) is 33.2. The summed E-state index contributed by atoms with van der Waals surface area (Å²) in [6, 6.07) is 65.4. The normalized spacial score (nSPS) is 11.5. The first-order valence-electron chi connectivity index (χ1n) is 20.5. The summed E-state index contributed by atoms with van der Waals surface area (Å²) in [4.78, 5) is 26.2. The van der Waals surface area contributed by atoms with E-state index >= 15 is 0 Å². The maximum atomic E-state index is 4.51. The minimum absolute atomic E-state index is 0.562.